The molecule has 2 nitrogen and oxygen atoms in total. The molecule has 0 radical (unpaired) electrons. The minimum atomic E-state index is -0.721. The van der Waals surface area contributed by atoms with Crippen LogP contribution in [0.4, 0.5) is 0 Å². The molecular weight excluding hydrogens is 212 g/mol. The van der Waals surface area contributed by atoms with E-state index in [1.165, 1.54) is 0 Å². The summed E-state index contributed by atoms with van der Waals surface area (Å²) in [7, 11) is 0. The predicted molar refractivity (Wildman–Crippen MR) is 68.6 cm³/mol. The lowest BCUT2D eigenvalue weighted by Gasteiger charge is -2.38. The van der Waals surface area contributed by atoms with Gasteiger partial charge in [0.2, 0.25) is 0 Å². The van der Waals surface area contributed by atoms with Crippen molar-refractivity contribution in [3.05, 3.63) is 23.8 Å². The van der Waals surface area contributed by atoms with Crippen molar-refractivity contribution in [2.24, 2.45) is 11.3 Å². The topological polar surface area (TPSA) is 37.3 Å². The number of aldehydes is 1. The minimum absolute atomic E-state index is 0.123. The average Bonchev–Trinajstić information content (AvgIpc) is 2.46. The van der Waals surface area contributed by atoms with E-state index < -0.39 is 5.60 Å². The predicted octanol–water partition coefficient (Wildman–Crippen LogP) is 3.02. The Hall–Kier alpha value is -0.890. The first-order valence-electron chi connectivity index (χ1n) is 6.45. The Bertz CT molecular complexity index is 382. The first-order chi connectivity index (χ1) is 7.92. The Labute approximate surface area is 103 Å². The standard InChI is InChI=1S/C15H22O2/c1-11(2)15(17)9-8-14(3)7-6-12(10-16)4-5-13(14)15/h6,10,13,17H,1,4-5,7-9H2,2-3H3/t13-,14+,15-/m0/s1. The molecule has 0 amide bonds. The zero-order valence-electron chi connectivity index (χ0n) is 10.8. The van der Waals surface area contributed by atoms with Crippen LogP contribution in [0.15, 0.2) is 23.8 Å². The summed E-state index contributed by atoms with van der Waals surface area (Å²) in [5.74, 6) is 0.237. The van der Waals surface area contributed by atoms with E-state index in [1.54, 1.807) is 0 Å². The molecule has 2 heteroatoms. The molecule has 0 aromatic carbocycles. The van der Waals surface area contributed by atoms with Crippen LogP contribution in [0.3, 0.4) is 0 Å². The molecule has 0 aromatic heterocycles. The Balaban J connectivity index is 2.31. The summed E-state index contributed by atoms with van der Waals surface area (Å²) in [5, 5.41) is 10.8. The van der Waals surface area contributed by atoms with Gasteiger partial charge in [-0.25, -0.2) is 0 Å². The number of carbonyl (C=O) groups excluding carboxylic acids is 1. The van der Waals surface area contributed by atoms with Crippen molar-refractivity contribution >= 4 is 6.29 Å². The molecule has 0 bridgehead atoms. The van der Waals surface area contributed by atoms with Crippen molar-refractivity contribution in [2.45, 2.75) is 51.6 Å². The van der Waals surface area contributed by atoms with Crippen molar-refractivity contribution in [2.75, 3.05) is 0 Å². The van der Waals surface area contributed by atoms with Crippen LogP contribution in [0, 0.1) is 11.3 Å². The summed E-state index contributed by atoms with van der Waals surface area (Å²) in [4.78, 5) is 10.9. The molecule has 0 aromatic rings. The lowest BCUT2D eigenvalue weighted by atomic mass is 9.70. The monoisotopic (exact) mass is 234 g/mol. The van der Waals surface area contributed by atoms with Crippen LogP contribution in [0.25, 0.3) is 0 Å². The average molecular weight is 234 g/mol. The third-order valence-corrected chi connectivity index (χ3v) is 4.94. The van der Waals surface area contributed by atoms with Crippen molar-refractivity contribution in [3.8, 4) is 0 Å². The maximum atomic E-state index is 10.9. The molecular formula is C15H22O2. The number of hydrogen-bond acceptors (Lipinski definition) is 2. The Morgan fingerprint density at radius 1 is 1.59 bits per heavy atom. The molecule has 2 aliphatic rings. The van der Waals surface area contributed by atoms with Gasteiger partial charge in [0.1, 0.15) is 6.29 Å². The fraction of sp³-hybridized carbons (Fsp3) is 0.667. The molecule has 17 heavy (non-hydrogen) atoms. The lowest BCUT2D eigenvalue weighted by molar-refractivity contribution is -0.105. The highest BCUT2D eigenvalue weighted by atomic mass is 16.3. The van der Waals surface area contributed by atoms with Gasteiger partial charge in [0.15, 0.2) is 0 Å². The second-order valence-electron chi connectivity index (χ2n) is 6.05. The molecule has 0 aliphatic heterocycles. The van der Waals surface area contributed by atoms with Crippen LogP contribution in [-0.2, 0) is 4.79 Å². The van der Waals surface area contributed by atoms with Gasteiger partial charge in [0.05, 0.1) is 5.60 Å². The van der Waals surface area contributed by atoms with Gasteiger partial charge in [0.25, 0.3) is 0 Å². The van der Waals surface area contributed by atoms with Gasteiger partial charge in [-0.05, 0) is 61.5 Å². The summed E-state index contributed by atoms with van der Waals surface area (Å²) in [5.41, 5.74) is 1.17. The molecule has 0 heterocycles. The van der Waals surface area contributed by atoms with Crippen LogP contribution >= 0.6 is 0 Å². The smallest absolute Gasteiger partial charge is 0.145 e. The van der Waals surface area contributed by atoms with Crippen LogP contribution in [0.2, 0.25) is 0 Å². The van der Waals surface area contributed by atoms with Gasteiger partial charge in [-0.3, -0.25) is 4.79 Å². The van der Waals surface area contributed by atoms with Gasteiger partial charge < -0.3 is 5.11 Å². The molecule has 2 rings (SSSR count). The normalized spacial score (nSPS) is 41.4. The van der Waals surface area contributed by atoms with Crippen LogP contribution in [0.1, 0.15) is 46.0 Å². The molecule has 1 fully saturated rings. The molecule has 0 saturated heterocycles. The van der Waals surface area contributed by atoms with Crippen LogP contribution in [-0.4, -0.2) is 17.0 Å². The van der Waals surface area contributed by atoms with Crippen LogP contribution in [0.5, 0.6) is 0 Å². The summed E-state index contributed by atoms with van der Waals surface area (Å²) in [6.07, 6.45) is 7.45. The maximum absolute atomic E-state index is 10.9. The third-order valence-electron chi connectivity index (χ3n) is 4.94. The summed E-state index contributed by atoms with van der Waals surface area (Å²) >= 11 is 0. The van der Waals surface area contributed by atoms with E-state index >= 15 is 0 Å². The van der Waals surface area contributed by atoms with Crippen molar-refractivity contribution < 1.29 is 9.90 Å². The van der Waals surface area contributed by atoms with E-state index in [0.717, 1.165) is 49.5 Å². The second kappa shape index (κ2) is 4.09. The molecule has 1 saturated carbocycles. The van der Waals surface area contributed by atoms with Gasteiger partial charge in [-0.2, -0.15) is 0 Å². The fourth-order valence-corrected chi connectivity index (χ4v) is 3.63. The van der Waals surface area contributed by atoms with E-state index in [9.17, 15) is 9.90 Å². The fourth-order valence-electron chi connectivity index (χ4n) is 3.63. The summed E-state index contributed by atoms with van der Waals surface area (Å²) < 4.78 is 0. The number of fused-ring (bicyclic) bond motifs is 1. The first kappa shape index (κ1) is 12.6. The molecule has 2 aliphatic carbocycles. The Kier molecular flexibility index (Phi) is 3.03. The number of carbonyl (C=O) groups is 1. The molecule has 0 unspecified atom stereocenters. The van der Waals surface area contributed by atoms with Crippen molar-refractivity contribution in [1.29, 1.82) is 0 Å². The SMILES string of the molecule is C=C(C)[C@@]1(O)CC[C@@]2(C)CC=C(C=O)CC[C@@H]21. The number of rotatable bonds is 2. The number of allylic oxidation sites excluding steroid dienone is 2. The highest BCUT2D eigenvalue weighted by Gasteiger charge is 2.53. The third kappa shape index (κ3) is 1.89. The first-order valence-corrected chi connectivity index (χ1v) is 6.45. The Morgan fingerprint density at radius 2 is 2.29 bits per heavy atom. The highest BCUT2D eigenvalue weighted by molar-refractivity contribution is 5.73. The molecule has 1 N–H and O–H groups in total. The second-order valence-corrected chi connectivity index (χ2v) is 6.05. The van der Waals surface area contributed by atoms with Crippen molar-refractivity contribution in [1.82, 2.24) is 0 Å². The van der Waals surface area contributed by atoms with E-state index in [2.05, 4.69) is 19.6 Å². The molecule has 94 valence electrons. The zero-order chi connectivity index (χ0) is 12.7. The maximum Gasteiger partial charge on any atom is 0.145 e. The van der Waals surface area contributed by atoms with Crippen LogP contribution < -0.4 is 0 Å². The Morgan fingerprint density at radius 3 is 2.88 bits per heavy atom. The quantitative estimate of drug-likeness (QED) is 0.589. The zero-order valence-corrected chi connectivity index (χ0v) is 10.8. The van der Waals surface area contributed by atoms with Gasteiger partial charge in [-0.1, -0.05) is 19.6 Å². The highest BCUT2D eigenvalue weighted by Crippen LogP contribution is 2.56. The largest absolute Gasteiger partial charge is 0.385 e. The molecule has 0 spiro atoms. The van der Waals surface area contributed by atoms with E-state index in [4.69, 9.17) is 0 Å². The van der Waals surface area contributed by atoms with E-state index in [1.807, 2.05) is 6.92 Å². The summed E-state index contributed by atoms with van der Waals surface area (Å²) in [6, 6.07) is 0. The number of hydrogen-bond donors (Lipinski definition) is 1. The molecule has 3 atom stereocenters. The van der Waals surface area contributed by atoms with E-state index in [-0.39, 0.29) is 11.3 Å². The van der Waals surface area contributed by atoms with E-state index in [0.29, 0.717) is 0 Å². The van der Waals surface area contributed by atoms with Gasteiger partial charge in [0, 0.05) is 0 Å². The lowest BCUT2D eigenvalue weighted by Crippen LogP contribution is -2.39. The number of aliphatic hydroxyl groups is 1. The minimum Gasteiger partial charge on any atom is -0.385 e. The summed E-state index contributed by atoms with van der Waals surface area (Å²) in [6.45, 7) is 8.12. The van der Waals surface area contributed by atoms with Crippen molar-refractivity contribution in [3.63, 3.8) is 0 Å². The van der Waals surface area contributed by atoms with Gasteiger partial charge in [-0.15, -0.1) is 0 Å². The van der Waals surface area contributed by atoms with Gasteiger partial charge >= 0.3 is 0 Å².